The van der Waals surface area contributed by atoms with Crippen LogP contribution in [0.2, 0.25) is 10.0 Å². The molecule has 4 nitrogen and oxygen atoms in total. The summed E-state index contributed by atoms with van der Waals surface area (Å²) in [6.45, 7) is 2.19. The van der Waals surface area contributed by atoms with Crippen molar-refractivity contribution in [2.45, 2.75) is 17.7 Å². The minimum Gasteiger partial charge on any atom is -0.313 e. The lowest BCUT2D eigenvalue weighted by Gasteiger charge is -2.14. The van der Waals surface area contributed by atoms with Crippen LogP contribution in [0, 0.1) is 0 Å². The first-order chi connectivity index (χ1) is 9.49. The lowest BCUT2D eigenvalue weighted by molar-refractivity contribution is 0.580. The Bertz CT molecular complexity index is 615. The van der Waals surface area contributed by atoms with E-state index in [2.05, 4.69) is 16.1 Å². The number of halogens is 2. The second-order valence-corrected chi connectivity index (χ2v) is 7.12. The Labute approximate surface area is 129 Å². The van der Waals surface area contributed by atoms with Gasteiger partial charge in [-0.15, -0.1) is 0 Å². The molecule has 2 N–H and O–H groups in total. The standard InChI is InChI=1S/C13H16Cl2N2O2S/c14-12-2-1-11(9-13(12)15)20(18,19)17-8-5-10-3-6-16-7-4-10/h1-3,9,16-17H,4-8H2. The molecule has 0 bridgehead atoms. The summed E-state index contributed by atoms with van der Waals surface area (Å²) in [7, 11) is -3.54. The first kappa shape index (κ1) is 15.8. The fraction of sp³-hybridized carbons (Fsp3) is 0.385. The second kappa shape index (κ2) is 6.91. The molecule has 0 fully saturated rings. The van der Waals surface area contributed by atoms with Gasteiger partial charge in [0.25, 0.3) is 0 Å². The molecule has 0 aliphatic carbocycles. The highest BCUT2D eigenvalue weighted by Crippen LogP contribution is 2.24. The van der Waals surface area contributed by atoms with Crippen molar-refractivity contribution in [3.63, 3.8) is 0 Å². The number of nitrogens with one attached hydrogen (secondary N) is 2. The molecule has 0 atom stereocenters. The second-order valence-electron chi connectivity index (χ2n) is 4.54. The molecular formula is C13H16Cl2N2O2S. The molecule has 110 valence electrons. The summed E-state index contributed by atoms with van der Waals surface area (Å²) in [6, 6.07) is 4.28. The van der Waals surface area contributed by atoms with Crippen LogP contribution in [0.15, 0.2) is 34.7 Å². The van der Waals surface area contributed by atoms with Gasteiger partial charge in [0.05, 0.1) is 14.9 Å². The molecule has 1 aliphatic rings. The van der Waals surface area contributed by atoms with E-state index in [1.807, 2.05) is 0 Å². The highest BCUT2D eigenvalue weighted by atomic mass is 35.5. The summed E-state index contributed by atoms with van der Waals surface area (Å²) in [5.74, 6) is 0. The molecule has 1 aliphatic heterocycles. The van der Waals surface area contributed by atoms with Gasteiger partial charge in [-0.3, -0.25) is 0 Å². The number of rotatable bonds is 5. The topological polar surface area (TPSA) is 58.2 Å². The fourth-order valence-corrected chi connectivity index (χ4v) is 3.39. The van der Waals surface area contributed by atoms with E-state index in [4.69, 9.17) is 23.2 Å². The van der Waals surface area contributed by atoms with Crippen LogP contribution in [-0.4, -0.2) is 28.1 Å². The van der Waals surface area contributed by atoms with E-state index in [-0.39, 0.29) is 9.92 Å². The molecule has 0 radical (unpaired) electrons. The van der Waals surface area contributed by atoms with Crippen molar-refractivity contribution < 1.29 is 8.42 Å². The number of sulfonamides is 1. The monoisotopic (exact) mass is 334 g/mol. The van der Waals surface area contributed by atoms with Gasteiger partial charge in [0, 0.05) is 13.1 Å². The minimum atomic E-state index is -3.54. The average Bonchev–Trinajstić information content (AvgIpc) is 2.43. The fourth-order valence-electron chi connectivity index (χ4n) is 1.97. The highest BCUT2D eigenvalue weighted by Gasteiger charge is 2.15. The van der Waals surface area contributed by atoms with Gasteiger partial charge < -0.3 is 5.32 Å². The van der Waals surface area contributed by atoms with Gasteiger partial charge in [0.15, 0.2) is 0 Å². The van der Waals surface area contributed by atoms with Crippen LogP contribution in [0.4, 0.5) is 0 Å². The van der Waals surface area contributed by atoms with Gasteiger partial charge in [-0.2, -0.15) is 0 Å². The molecule has 1 aromatic carbocycles. The Balaban J connectivity index is 1.96. The van der Waals surface area contributed by atoms with Crippen molar-refractivity contribution in [2.75, 3.05) is 19.6 Å². The summed E-state index contributed by atoms with van der Waals surface area (Å²) in [4.78, 5) is 0.131. The van der Waals surface area contributed by atoms with Gasteiger partial charge in [0.2, 0.25) is 10.0 Å². The van der Waals surface area contributed by atoms with Crippen molar-refractivity contribution in [1.82, 2.24) is 10.0 Å². The van der Waals surface area contributed by atoms with Gasteiger partial charge >= 0.3 is 0 Å². The molecule has 0 saturated heterocycles. The third-order valence-corrected chi connectivity index (χ3v) is 5.30. The third-order valence-electron chi connectivity index (χ3n) is 3.10. The Morgan fingerprint density at radius 2 is 2.05 bits per heavy atom. The Kier molecular flexibility index (Phi) is 5.46. The van der Waals surface area contributed by atoms with Crippen LogP contribution >= 0.6 is 23.2 Å². The van der Waals surface area contributed by atoms with Crippen LogP contribution in [0.3, 0.4) is 0 Å². The zero-order valence-corrected chi connectivity index (χ0v) is 13.2. The zero-order valence-electron chi connectivity index (χ0n) is 10.8. The maximum atomic E-state index is 12.1. The van der Waals surface area contributed by atoms with Gasteiger partial charge in [-0.05, 0) is 37.6 Å². The van der Waals surface area contributed by atoms with E-state index < -0.39 is 10.0 Å². The van der Waals surface area contributed by atoms with Crippen LogP contribution < -0.4 is 10.0 Å². The van der Waals surface area contributed by atoms with E-state index in [0.717, 1.165) is 25.9 Å². The predicted octanol–water partition coefficient (Wildman–Crippen LogP) is 2.58. The maximum absolute atomic E-state index is 12.1. The van der Waals surface area contributed by atoms with Gasteiger partial charge in [-0.25, -0.2) is 13.1 Å². The number of benzene rings is 1. The first-order valence-corrected chi connectivity index (χ1v) is 8.56. The SMILES string of the molecule is O=S(=O)(NCCC1=CCNCC1)c1ccc(Cl)c(Cl)c1. The summed E-state index contributed by atoms with van der Waals surface area (Å²) in [5.41, 5.74) is 1.28. The van der Waals surface area contributed by atoms with Crippen molar-refractivity contribution in [3.05, 3.63) is 39.9 Å². The Morgan fingerprint density at radius 3 is 2.70 bits per heavy atom. The quantitative estimate of drug-likeness (QED) is 0.813. The van der Waals surface area contributed by atoms with Crippen LogP contribution in [0.1, 0.15) is 12.8 Å². The van der Waals surface area contributed by atoms with Crippen LogP contribution in [-0.2, 0) is 10.0 Å². The summed E-state index contributed by atoms with van der Waals surface area (Å²) >= 11 is 11.6. The Morgan fingerprint density at radius 1 is 1.25 bits per heavy atom. The number of hydrogen-bond donors (Lipinski definition) is 2. The van der Waals surface area contributed by atoms with Crippen molar-refractivity contribution >= 4 is 33.2 Å². The molecule has 0 spiro atoms. The summed E-state index contributed by atoms with van der Waals surface area (Å²) in [5, 5.41) is 3.79. The van der Waals surface area contributed by atoms with Crippen molar-refractivity contribution in [1.29, 1.82) is 0 Å². The molecule has 7 heteroatoms. The van der Waals surface area contributed by atoms with Crippen molar-refractivity contribution in [3.8, 4) is 0 Å². The minimum absolute atomic E-state index is 0.131. The predicted molar refractivity (Wildman–Crippen MR) is 81.8 cm³/mol. The number of hydrogen-bond acceptors (Lipinski definition) is 3. The van der Waals surface area contributed by atoms with E-state index >= 15 is 0 Å². The van der Waals surface area contributed by atoms with Crippen molar-refractivity contribution in [2.24, 2.45) is 0 Å². The van der Waals surface area contributed by atoms with Crippen LogP contribution in [0.25, 0.3) is 0 Å². The van der Waals surface area contributed by atoms with E-state index in [0.29, 0.717) is 11.6 Å². The lowest BCUT2D eigenvalue weighted by atomic mass is 10.1. The first-order valence-electron chi connectivity index (χ1n) is 6.32. The molecular weight excluding hydrogens is 319 g/mol. The lowest BCUT2D eigenvalue weighted by Crippen LogP contribution is -2.26. The summed E-state index contributed by atoms with van der Waals surface area (Å²) in [6.07, 6.45) is 3.80. The van der Waals surface area contributed by atoms with E-state index in [1.165, 1.54) is 23.8 Å². The molecule has 0 amide bonds. The molecule has 2 rings (SSSR count). The average molecular weight is 335 g/mol. The molecule has 1 heterocycles. The smallest absolute Gasteiger partial charge is 0.240 e. The highest BCUT2D eigenvalue weighted by molar-refractivity contribution is 7.89. The third kappa shape index (κ3) is 4.20. The molecule has 0 saturated carbocycles. The molecule has 0 aromatic heterocycles. The Hall–Kier alpha value is -0.590. The molecule has 0 unspecified atom stereocenters. The van der Waals surface area contributed by atoms with E-state index in [9.17, 15) is 8.42 Å². The van der Waals surface area contributed by atoms with Gasteiger partial charge in [0.1, 0.15) is 0 Å². The van der Waals surface area contributed by atoms with Crippen LogP contribution in [0.5, 0.6) is 0 Å². The normalized spacial score (nSPS) is 16.0. The molecule has 20 heavy (non-hydrogen) atoms. The largest absolute Gasteiger partial charge is 0.313 e. The van der Waals surface area contributed by atoms with E-state index in [1.54, 1.807) is 0 Å². The zero-order chi connectivity index (χ0) is 14.6. The summed E-state index contributed by atoms with van der Waals surface area (Å²) < 4.78 is 26.8. The van der Waals surface area contributed by atoms with Gasteiger partial charge in [-0.1, -0.05) is 34.9 Å². The maximum Gasteiger partial charge on any atom is 0.240 e. The molecule has 1 aromatic rings.